The van der Waals surface area contributed by atoms with Gasteiger partial charge >= 0.3 is 5.97 Å². The van der Waals surface area contributed by atoms with E-state index in [0.29, 0.717) is 18.8 Å². The van der Waals surface area contributed by atoms with E-state index < -0.39 is 0 Å². The first-order valence-corrected chi connectivity index (χ1v) is 4.73. The smallest absolute Gasteiger partial charge is 0.333 e. The zero-order chi connectivity index (χ0) is 10.8. The van der Waals surface area contributed by atoms with Crippen LogP contribution in [-0.2, 0) is 14.3 Å². The van der Waals surface area contributed by atoms with Crippen molar-refractivity contribution in [1.82, 2.24) is 0 Å². The summed E-state index contributed by atoms with van der Waals surface area (Å²) in [6, 6.07) is 0. The van der Waals surface area contributed by atoms with E-state index in [4.69, 9.17) is 9.47 Å². The van der Waals surface area contributed by atoms with E-state index >= 15 is 0 Å². The highest BCUT2D eigenvalue weighted by Crippen LogP contribution is 1.99. The van der Waals surface area contributed by atoms with Crippen molar-refractivity contribution in [1.29, 1.82) is 0 Å². The van der Waals surface area contributed by atoms with Crippen molar-refractivity contribution in [2.24, 2.45) is 0 Å². The fourth-order valence-electron chi connectivity index (χ4n) is 0.836. The number of ether oxygens (including phenoxy) is 2. The van der Waals surface area contributed by atoms with Crippen molar-refractivity contribution in [2.45, 2.75) is 26.2 Å². The minimum atomic E-state index is -0.313. The molecule has 0 fully saturated rings. The summed E-state index contributed by atoms with van der Waals surface area (Å²) >= 11 is 0. The fraction of sp³-hybridized carbons (Fsp3) is 0.545. The predicted octanol–water partition coefficient (Wildman–Crippen LogP) is 2.44. The molecule has 0 aromatic heterocycles. The molecule has 0 spiro atoms. The van der Waals surface area contributed by atoms with Crippen molar-refractivity contribution < 1.29 is 14.3 Å². The van der Waals surface area contributed by atoms with Gasteiger partial charge in [-0.1, -0.05) is 13.2 Å². The van der Waals surface area contributed by atoms with E-state index in [1.165, 1.54) is 6.26 Å². The van der Waals surface area contributed by atoms with Gasteiger partial charge in [-0.2, -0.15) is 0 Å². The van der Waals surface area contributed by atoms with Gasteiger partial charge in [-0.25, -0.2) is 4.79 Å². The highest BCUT2D eigenvalue weighted by atomic mass is 16.5. The molecule has 0 saturated heterocycles. The number of carbonyl (C=O) groups excluding carboxylic acids is 1. The van der Waals surface area contributed by atoms with Crippen molar-refractivity contribution in [3.63, 3.8) is 0 Å². The van der Waals surface area contributed by atoms with Crippen LogP contribution in [0.2, 0.25) is 0 Å². The lowest BCUT2D eigenvalue weighted by atomic mass is 10.2. The third-order valence-corrected chi connectivity index (χ3v) is 1.61. The summed E-state index contributed by atoms with van der Waals surface area (Å²) in [5.74, 6) is -0.313. The third-order valence-electron chi connectivity index (χ3n) is 1.61. The molecule has 3 nitrogen and oxygen atoms in total. The van der Waals surface area contributed by atoms with Gasteiger partial charge in [0.05, 0.1) is 19.5 Å². The molecule has 14 heavy (non-hydrogen) atoms. The monoisotopic (exact) mass is 198 g/mol. The van der Waals surface area contributed by atoms with Crippen molar-refractivity contribution in [3.8, 4) is 0 Å². The Labute approximate surface area is 85.4 Å². The largest absolute Gasteiger partial charge is 0.502 e. The quantitative estimate of drug-likeness (QED) is 0.260. The summed E-state index contributed by atoms with van der Waals surface area (Å²) < 4.78 is 9.85. The number of carbonyl (C=O) groups is 1. The Balaban J connectivity index is 3.17. The number of rotatable bonds is 8. The van der Waals surface area contributed by atoms with Crippen LogP contribution in [0.1, 0.15) is 26.2 Å². The SMILES string of the molecule is C=COCCCCCOC(=O)C(=C)C. The Morgan fingerprint density at radius 2 is 1.93 bits per heavy atom. The number of hydrogen-bond acceptors (Lipinski definition) is 3. The lowest BCUT2D eigenvalue weighted by molar-refractivity contribution is -0.139. The molecule has 0 aromatic carbocycles. The summed E-state index contributed by atoms with van der Waals surface area (Å²) in [4.78, 5) is 10.9. The molecule has 0 bridgehead atoms. The van der Waals surface area contributed by atoms with E-state index in [0.717, 1.165) is 19.3 Å². The molecule has 0 atom stereocenters. The van der Waals surface area contributed by atoms with Crippen LogP contribution in [0.15, 0.2) is 25.0 Å². The normalized spacial score (nSPS) is 9.21. The molecule has 0 rings (SSSR count). The van der Waals surface area contributed by atoms with Gasteiger partial charge in [-0.15, -0.1) is 0 Å². The molecule has 0 heterocycles. The third kappa shape index (κ3) is 7.40. The van der Waals surface area contributed by atoms with Crippen LogP contribution >= 0.6 is 0 Å². The first kappa shape index (κ1) is 12.8. The van der Waals surface area contributed by atoms with Gasteiger partial charge in [0.15, 0.2) is 0 Å². The van der Waals surface area contributed by atoms with Gasteiger partial charge in [-0.05, 0) is 26.2 Å². The Morgan fingerprint density at radius 1 is 1.29 bits per heavy atom. The van der Waals surface area contributed by atoms with Crippen LogP contribution in [-0.4, -0.2) is 19.2 Å². The molecule has 0 aliphatic heterocycles. The highest BCUT2D eigenvalue weighted by Gasteiger charge is 2.01. The van der Waals surface area contributed by atoms with Crippen molar-refractivity contribution in [2.75, 3.05) is 13.2 Å². The topological polar surface area (TPSA) is 35.5 Å². The summed E-state index contributed by atoms with van der Waals surface area (Å²) in [6.45, 7) is 9.70. The average Bonchev–Trinajstić information content (AvgIpc) is 2.16. The van der Waals surface area contributed by atoms with E-state index in [1.807, 2.05) is 0 Å². The first-order chi connectivity index (χ1) is 6.68. The lowest BCUT2D eigenvalue weighted by Gasteiger charge is -2.03. The molecule has 0 aromatic rings. The molecule has 80 valence electrons. The van der Waals surface area contributed by atoms with Crippen LogP contribution in [0.3, 0.4) is 0 Å². The lowest BCUT2D eigenvalue weighted by Crippen LogP contribution is -2.06. The van der Waals surface area contributed by atoms with Gasteiger partial charge in [-0.3, -0.25) is 0 Å². The van der Waals surface area contributed by atoms with Gasteiger partial charge in [0.1, 0.15) is 0 Å². The summed E-state index contributed by atoms with van der Waals surface area (Å²) in [5.41, 5.74) is 0.444. The number of unbranched alkanes of at least 4 members (excludes halogenated alkanes) is 2. The van der Waals surface area contributed by atoms with E-state index in [1.54, 1.807) is 6.92 Å². The second-order valence-corrected chi connectivity index (χ2v) is 3.01. The number of hydrogen-bond donors (Lipinski definition) is 0. The number of esters is 1. The highest BCUT2D eigenvalue weighted by molar-refractivity contribution is 5.86. The molecule has 0 radical (unpaired) electrons. The summed E-state index contributed by atoms with van der Waals surface area (Å²) in [7, 11) is 0. The first-order valence-electron chi connectivity index (χ1n) is 4.73. The Morgan fingerprint density at radius 3 is 2.50 bits per heavy atom. The fourth-order valence-corrected chi connectivity index (χ4v) is 0.836. The minimum Gasteiger partial charge on any atom is -0.502 e. The summed E-state index contributed by atoms with van der Waals surface area (Å²) in [5, 5.41) is 0. The van der Waals surface area contributed by atoms with Gasteiger partial charge in [0.2, 0.25) is 0 Å². The van der Waals surface area contributed by atoms with Gasteiger partial charge in [0, 0.05) is 5.57 Å². The van der Waals surface area contributed by atoms with E-state index in [9.17, 15) is 4.79 Å². The second kappa shape index (κ2) is 8.35. The minimum absolute atomic E-state index is 0.313. The molecule has 3 heteroatoms. The van der Waals surface area contributed by atoms with Crippen molar-refractivity contribution in [3.05, 3.63) is 25.0 Å². The zero-order valence-electron chi connectivity index (χ0n) is 8.75. The van der Waals surface area contributed by atoms with Crippen molar-refractivity contribution >= 4 is 5.97 Å². The van der Waals surface area contributed by atoms with E-state index in [-0.39, 0.29) is 5.97 Å². The summed E-state index contributed by atoms with van der Waals surface area (Å²) in [6.07, 6.45) is 4.23. The van der Waals surface area contributed by atoms with E-state index in [2.05, 4.69) is 13.2 Å². The predicted molar refractivity (Wildman–Crippen MR) is 55.8 cm³/mol. The van der Waals surface area contributed by atoms with Crippen LogP contribution in [0.25, 0.3) is 0 Å². The molecule has 0 amide bonds. The molecule has 0 aliphatic rings. The Hall–Kier alpha value is -1.25. The van der Waals surface area contributed by atoms with Gasteiger partial charge < -0.3 is 9.47 Å². The standard InChI is InChI=1S/C11H18O3/c1-4-13-8-6-5-7-9-14-11(12)10(2)3/h4H,1-2,5-9H2,3H3. The molecule has 0 N–H and O–H groups in total. The van der Waals surface area contributed by atoms with Crippen LogP contribution < -0.4 is 0 Å². The maximum atomic E-state index is 10.9. The van der Waals surface area contributed by atoms with Crippen LogP contribution in [0, 0.1) is 0 Å². The molecule has 0 aliphatic carbocycles. The van der Waals surface area contributed by atoms with Crippen LogP contribution in [0.5, 0.6) is 0 Å². The second-order valence-electron chi connectivity index (χ2n) is 3.01. The zero-order valence-corrected chi connectivity index (χ0v) is 8.75. The average molecular weight is 198 g/mol. The molecular weight excluding hydrogens is 180 g/mol. The van der Waals surface area contributed by atoms with Gasteiger partial charge in [0.25, 0.3) is 0 Å². The molecule has 0 unspecified atom stereocenters. The van der Waals surface area contributed by atoms with Crippen LogP contribution in [0.4, 0.5) is 0 Å². The molecule has 0 saturated carbocycles. The Kier molecular flexibility index (Phi) is 7.61. The molecular formula is C11H18O3. The maximum absolute atomic E-state index is 10.9. The maximum Gasteiger partial charge on any atom is 0.333 e. The Bertz CT molecular complexity index is 197.